The Hall–Kier alpha value is 0. The topological polar surface area (TPSA) is 0 Å². The van der Waals surface area contributed by atoms with Crippen molar-refractivity contribution in [3.8, 4) is 0 Å². The summed E-state index contributed by atoms with van der Waals surface area (Å²) in [6.45, 7) is 7.45. The van der Waals surface area contributed by atoms with Crippen LogP contribution in [-0.4, -0.2) is 0 Å². The minimum atomic E-state index is 1.05. The average molecular weight is 206 g/mol. The molecule has 86 valence electrons. The van der Waals surface area contributed by atoms with Crippen molar-refractivity contribution >= 4 is 0 Å². The van der Waals surface area contributed by atoms with Crippen molar-refractivity contribution in [2.24, 2.45) is 41.4 Å². The zero-order valence-corrected chi connectivity index (χ0v) is 10.6. The van der Waals surface area contributed by atoms with Gasteiger partial charge in [0.25, 0.3) is 0 Å². The third kappa shape index (κ3) is 1.40. The molecular formula is C15H26. The molecule has 0 amide bonds. The number of rotatable bonds is 1. The SMILES string of the molecule is CCC1CC2CC3C(C)CC3C(C)C2C1. The predicted molar refractivity (Wildman–Crippen MR) is 64.5 cm³/mol. The van der Waals surface area contributed by atoms with E-state index in [1.54, 1.807) is 25.7 Å². The molecule has 7 atom stereocenters. The summed E-state index contributed by atoms with van der Waals surface area (Å²) in [5.41, 5.74) is 0. The second kappa shape index (κ2) is 3.50. The minimum absolute atomic E-state index is 1.05. The monoisotopic (exact) mass is 206 g/mol. The molecule has 0 aromatic carbocycles. The lowest BCUT2D eigenvalue weighted by Crippen LogP contribution is -2.47. The van der Waals surface area contributed by atoms with E-state index < -0.39 is 0 Å². The van der Waals surface area contributed by atoms with Crippen LogP contribution < -0.4 is 0 Å². The standard InChI is InChI=1S/C15H26/c1-4-11-6-12-8-13-9(2)5-15(13)10(3)14(12)7-11/h9-15H,4-8H2,1-3H3. The molecule has 0 radical (unpaired) electrons. The lowest BCUT2D eigenvalue weighted by Gasteiger charge is -2.54. The summed E-state index contributed by atoms with van der Waals surface area (Å²) < 4.78 is 0. The summed E-state index contributed by atoms with van der Waals surface area (Å²) >= 11 is 0. The Morgan fingerprint density at radius 1 is 0.867 bits per heavy atom. The first-order valence-corrected chi connectivity index (χ1v) is 7.20. The van der Waals surface area contributed by atoms with Gasteiger partial charge in [-0.25, -0.2) is 0 Å². The van der Waals surface area contributed by atoms with E-state index >= 15 is 0 Å². The van der Waals surface area contributed by atoms with Crippen molar-refractivity contribution in [3.63, 3.8) is 0 Å². The lowest BCUT2D eigenvalue weighted by molar-refractivity contribution is -0.0515. The first-order valence-electron chi connectivity index (χ1n) is 7.20. The molecule has 0 aromatic rings. The fourth-order valence-corrected chi connectivity index (χ4v) is 5.21. The Morgan fingerprint density at radius 2 is 1.67 bits per heavy atom. The summed E-state index contributed by atoms with van der Waals surface area (Å²) in [6.07, 6.45) is 7.72. The molecular weight excluding hydrogens is 180 g/mol. The van der Waals surface area contributed by atoms with Crippen LogP contribution >= 0.6 is 0 Å². The Labute approximate surface area is 94.8 Å². The van der Waals surface area contributed by atoms with Gasteiger partial charge >= 0.3 is 0 Å². The molecule has 0 aromatic heterocycles. The minimum Gasteiger partial charge on any atom is -0.0651 e. The van der Waals surface area contributed by atoms with Gasteiger partial charge in [0.2, 0.25) is 0 Å². The molecule has 0 nitrogen and oxygen atoms in total. The highest BCUT2D eigenvalue weighted by Gasteiger charge is 2.52. The summed E-state index contributed by atoms with van der Waals surface area (Å²) in [4.78, 5) is 0. The fourth-order valence-electron chi connectivity index (χ4n) is 5.21. The van der Waals surface area contributed by atoms with Crippen LogP contribution in [0.4, 0.5) is 0 Å². The first-order chi connectivity index (χ1) is 7.20. The molecule has 0 spiro atoms. The Morgan fingerprint density at radius 3 is 2.33 bits per heavy atom. The van der Waals surface area contributed by atoms with Crippen LogP contribution in [0, 0.1) is 41.4 Å². The second-order valence-corrected chi connectivity index (χ2v) is 6.81. The van der Waals surface area contributed by atoms with E-state index in [0.717, 1.165) is 41.4 Å². The Kier molecular flexibility index (Phi) is 2.37. The molecule has 0 heteroatoms. The molecule has 0 N–H and O–H groups in total. The maximum absolute atomic E-state index is 2.57. The van der Waals surface area contributed by atoms with Gasteiger partial charge in [0, 0.05) is 0 Å². The van der Waals surface area contributed by atoms with E-state index in [1.165, 1.54) is 6.42 Å². The van der Waals surface area contributed by atoms with Crippen LogP contribution in [0.15, 0.2) is 0 Å². The summed E-state index contributed by atoms with van der Waals surface area (Å²) in [7, 11) is 0. The van der Waals surface area contributed by atoms with Gasteiger partial charge in [-0.05, 0) is 67.1 Å². The van der Waals surface area contributed by atoms with Gasteiger partial charge in [0.05, 0.1) is 0 Å². The van der Waals surface area contributed by atoms with Crippen LogP contribution in [0.1, 0.15) is 52.9 Å². The normalized spacial score (nSPS) is 58.2. The highest BCUT2D eigenvalue weighted by Crippen LogP contribution is 2.60. The summed E-state index contributed by atoms with van der Waals surface area (Å²) in [5.74, 6) is 7.67. The molecule has 0 aliphatic heterocycles. The van der Waals surface area contributed by atoms with E-state index in [0.29, 0.717) is 0 Å². The van der Waals surface area contributed by atoms with Gasteiger partial charge in [-0.3, -0.25) is 0 Å². The van der Waals surface area contributed by atoms with Gasteiger partial charge < -0.3 is 0 Å². The molecule has 15 heavy (non-hydrogen) atoms. The van der Waals surface area contributed by atoms with E-state index in [1.807, 2.05) is 0 Å². The van der Waals surface area contributed by atoms with Gasteiger partial charge in [0.1, 0.15) is 0 Å². The molecule has 3 fully saturated rings. The Balaban J connectivity index is 1.74. The summed E-state index contributed by atoms with van der Waals surface area (Å²) in [5, 5.41) is 0. The van der Waals surface area contributed by atoms with Crippen molar-refractivity contribution in [3.05, 3.63) is 0 Å². The smallest absolute Gasteiger partial charge is 0.0352 e. The third-order valence-electron chi connectivity index (χ3n) is 6.27. The van der Waals surface area contributed by atoms with E-state index in [9.17, 15) is 0 Å². The van der Waals surface area contributed by atoms with Crippen molar-refractivity contribution in [1.82, 2.24) is 0 Å². The highest BCUT2D eigenvalue weighted by molar-refractivity contribution is 5.01. The van der Waals surface area contributed by atoms with Crippen molar-refractivity contribution in [2.75, 3.05) is 0 Å². The molecule has 3 aliphatic carbocycles. The van der Waals surface area contributed by atoms with Gasteiger partial charge in [0.15, 0.2) is 0 Å². The number of hydrogen-bond donors (Lipinski definition) is 0. The number of hydrogen-bond acceptors (Lipinski definition) is 0. The van der Waals surface area contributed by atoms with Gasteiger partial charge in [-0.2, -0.15) is 0 Å². The van der Waals surface area contributed by atoms with Gasteiger partial charge in [-0.15, -0.1) is 0 Å². The average Bonchev–Trinajstić information content (AvgIpc) is 2.64. The van der Waals surface area contributed by atoms with Crippen molar-refractivity contribution in [2.45, 2.75) is 52.9 Å². The molecule has 3 aliphatic rings. The summed E-state index contributed by atoms with van der Waals surface area (Å²) in [6, 6.07) is 0. The van der Waals surface area contributed by atoms with Crippen molar-refractivity contribution in [1.29, 1.82) is 0 Å². The van der Waals surface area contributed by atoms with Crippen LogP contribution in [0.2, 0.25) is 0 Å². The molecule has 0 heterocycles. The molecule has 7 unspecified atom stereocenters. The largest absolute Gasteiger partial charge is 0.0651 e. The van der Waals surface area contributed by atoms with Crippen LogP contribution in [0.3, 0.4) is 0 Å². The predicted octanol–water partition coefficient (Wildman–Crippen LogP) is 4.35. The zero-order valence-electron chi connectivity index (χ0n) is 10.6. The van der Waals surface area contributed by atoms with E-state index in [-0.39, 0.29) is 0 Å². The first kappa shape index (κ1) is 10.2. The maximum Gasteiger partial charge on any atom is -0.0352 e. The Bertz CT molecular complexity index is 244. The number of fused-ring (bicyclic) bond motifs is 2. The third-order valence-corrected chi connectivity index (χ3v) is 6.27. The van der Waals surface area contributed by atoms with E-state index in [2.05, 4.69) is 20.8 Å². The quantitative estimate of drug-likeness (QED) is 0.598. The second-order valence-electron chi connectivity index (χ2n) is 6.81. The molecule has 0 bridgehead atoms. The zero-order chi connectivity index (χ0) is 10.6. The van der Waals surface area contributed by atoms with Crippen LogP contribution in [0.5, 0.6) is 0 Å². The molecule has 0 saturated heterocycles. The highest BCUT2D eigenvalue weighted by atomic mass is 14.6. The van der Waals surface area contributed by atoms with Crippen molar-refractivity contribution < 1.29 is 0 Å². The maximum atomic E-state index is 2.57. The lowest BCUT2D eigenvalue weighted by atomic mass is 9.51. The van der Waals surface area contributed by atoms with Crippen LogP contribution in [-0.2, 0) is 0 Å². The molecule has 3 saturated carbocycles. The molecule has 3 rings (SSSR count). The van der Waals surface area contributed by atoms with Crippen LogP contribution in [0.25, 0.3) is 0 Å². The fraction of sp³-hybridized carbons (Fsp3) is 1.00. The van der Waals surface area contributed by atoms with Gasteiger partial charge in [-0.1, -0.05) is 27.2 Å². The van der Waals surface area contributed by atoms with E-state index in [4.69, 9.17) is 0 Å².